The number of benzene rings is 2. The number of halogens is 1. The van der Waals surface area contributed by atoms with E-state index >= 15 is 0 Å². The van der Waals surface area contributed by atoms with Gasteiger partial charge in [0.1, 0.15) is 10.8 Å². The second-order valence-corrected chi connectivity index (χ2v) is 6.60. The summed E-state index contributed by atoms with van der Waals surface area (Å²) >= 11 is 4.85. The van der Waals surface area contributed by atoms with Gasteiger partial charge < -0.3 is 5.73 Å². The molecule has 2 rings (SSSR count). The minimum Gasteiger partial charge on any atom is -0.389 e. The zero-order valence-electron chi connectivity index (χ0n) is 10.9. The number of nitrogens with one attached hydrogen (secondary N) is 1. The van der Waals surface area contributed by atoms with Crippen molar-refractivity contribution in [2.24, 2.45) is 5.73 Å². The van der Waals surface area contributed by atoms with Crippen LogP contribution in [-0.2, 0) is 15.8 Å². The summed E-state index contributed by atoms with van der Waals surface area (Å²) in [5, 5.41) is 0. The van der Waals surface area contributed by atoms with Crippen molar-refractivity contribution in [3.8, 4) is 0 Å². The third kappa shape index (κ3) is 4.51. The first kappa shape index (κ1) is 15.4. The van der Waals surface area contributed by atoms with Gasteiger partial charge in [-0.3, -0.25) is 4.72 Å². The summed E-state index contributed by atoms with van der Waals surface area (Å²) < 4.78 is 39.5. The fourth-order valence-corrected chi connectivity index (χ4v) is 3.11. The zero-order chi connectivity index (χ0) is 15.5. The van der Waals surface area contributed by atoms with E-state index in [1.54, 1.807) is 24.3 Å². The summed E-state index contributed by atoms with van der Waals surface area (Å²) in [5.74, 6) is -0.759. The Bertz CT molecular complexity index is 776. The van der Waals surface area contributed by atoms with Crippen LogP contribution in [0.3, 0.4) is 0 Å². The van der Waals surface area contributed by atoms with Gasteiger partial charge in [-0.05, 0) is 29.8 Å². The van der Waals surface area contributed by atoms with Crippen molar-refractivity contribution in [1.82, 2.24) is 0 Å². The van der Waals surface area contributed by atoms with Gasteiger partial charge in [0.05, 0.1) is 11.4 Å². The molecule has 0 fully saturated rings. The molecule has 2 aromatic carbocycles. The molecule has 0 unspecified atom stereocenters. The fourth-order valence-electron chi connectivity index (χ4n) is 1.80. The number of sulfonamides is 1. The van der Waals surface area contributed by atoms with Gasteiger partial charge in [-0.2, -0.15) is 0 Å². The predicted molar refractivity (Wildman–Crippen MR) is 85.0 cm³/mol. The van der Waals surface area contributed by atoms with Crippen LogP contribution in [0.2, 0.25) is 0 Å². The van der Waals surface area contributed by atoms with Crippen molar-refractivity contribution < 1.29 is 12.8 Å². The van der Waals surface area contributed by atoms with Crippen LogP contribution in [0.15, 0.2) is 48.5 Å². The molecule has 0 aliphatic carbocycles. The smallest absolute Gasteiger partial charge is 0.236 e. The van der Waals surface area contributed by atoms with Crippen LogP contribution in [0.5, 0.6) is 0 Å². The van der Waals surface area contributed by atoms with Gasteiger partial charge >= 0.3 is 0 Å². The third-order valence-electron chi connectivity index (χ3n) is 2.67. The molecule has 0 amide bonds. The highest BCUT2D eigenvalue weighted by Crippen LogP contribution is 2.15. The SMILES string of the molecule is NC(=S)c1cccc(CS(=O)(=O)Nc2cccc(F)c2)c1. The molecule has 0 aliphatic rings. The van der Waals surface area contributed by atoms with Gasteiger partial charge in [-0.25, -0.2) is 12.8 Å². The molecule has 110 valence electrons. The Balaban J connectivity index is 2.18. The normalized spacial score (nSPS) is 11.1. The molecule has 0 aliphatic heterocycles. The highest BCUT2D eigenvalue weighted by Gasteiger charge is 2.12. The maximum Gasteiger partial charge on any atom is 0.236 e. The molecule has 7 heteroatoms. The lowest BCUT2D eigenvalue weighted by molar-refractivity contribution is 0.600. The van der Waals surface area contributed by atoms with Gasteiger partial charge in [-0.15, -0.1) is 0 Å². The number of thiocarbonyl (C=S) groups is 1. The Labute approximate surface area is 127 Å². The molecule has 3 N–H and O–H groups in total. The van der Waals surface area contributed by atoms with E-state index in [0.29, 0.717) is 11.1 Å². The van der Waals surface area contributed by atoms with E-state index in [1.165, 1.54) is 18.2 Å². The van der Waals surface area contributed by atoms with E-state index in [0.717, 1.165) is 6.07 Å². The number of nitrogens with two attached hydrogens (primary N) is 1. The molecule has 0 saturated heterocycles. The Morgan fingerprint density at radius 2 is 1.90 bits per heavy atom. The van der Waals surface area contributed by atoms with Crippen molar-refractivity contribution in [2.75, 3.05) is 4.72 Å². The molecular weight excluding hydrogens is 311 g/mol. The van der Waals surface area contributed by atoms with E-state index in [-0.39, 0.29) is 16.4 Å². The molecule has 21 heavy (non-hydrogen) atoms. The number of anilines is 1. The number of hydrogen-bond acceptors (Lipinski definition) is 3. The fraction of sp³-hybridized carbons (Fsp3) is 0.0714. The predicted octanol–water partition coefficient (Wildman–Crippen LogP) is 2.40. The van der Waals surface area contributed by atoms with Crippen molar-refractivity contribution in [1.29, 1.82) is 0 Å². The van der Waals surface area contributed by atoms with Crippen molar-refractivity contribution in [3.63, 3.8) is 0 Å². The Morgan fingerprint density at radius 1 is 1.19 bits per heavy atom. The van der Waals surface area contributed by atoms with Gasteiger partial charge in [0.25, 0.3) is 0 Å². The van der Waals surface area contributed by atoms with Crippen molar-refractivity contribution >= 4 is 32.9 Å². The van der Waals surface area contributed by atoms with Crippen LogP contribution >= 0.6 is 12.2 Å². The largest absolute Gasteiger partial charge is 0.389 e. The molecular formula is C14H13FN2O2S2. The Morgan fingerprint density at radius 3 is 2.57 bits per heavy atom. The third-order valence-corrected chi connectivity index (χ3v) is 4.16. The quantitative estimate of drug-likeness (QED) is 0.829. The van der Waals surface area contributed by atoms with Crippen LogP contribution < -0.4 is 10.5 Å². The van der Waals surface area contributed by atoms with E-state index in [9.17, 15) is 12.8 Å². The standard InChI is InChI=1S/C14H13FN2O2S2/c15-12-5-2-6-13(8-12)17-21(18,19)9-10-3-1-4-11(7-10)14(16)20/h1-8,17H,9H2,(H2,16,20). The summed E-state index contributed by atoms with van der Waals surface area (Å²) in [4.78, 5) is 0.201. The topological polar surface area (TPSA) is 72.2 Å². The maximum atomic E-state index is 13.0. The lowest BCUT2D eigenvalue weighted by atomic mass is 10.1. The Kier molecular flexibility index (Phi) is 4.54. The summed E-state index contributed by atoms with van der Waals surface area (Å²) in [6.45, 7) is 0. The second kappa shape index (κ2) is 6.19. The average molecular weight is 324 g/mol. The van der Waals surface area contributed by atoms with Crippen LogP contribution in [0.25, 0.3) is 0 Å². The first-order chi connectivity index (χ1) is 9.85. The molecule has 0 heterocycles. The molecule has 0 spiro atoms. The summed E-state index contributed by atoms with van der Waals surface area (Å²) in [6.07, 6.45) is 0. The van der Waals surface area contributed by atoms with Crippen molar-refractivity contribution in [3.05, 3.63) is 65.5 Å². The molecule has 4 nitrogen and oxygen atoms in total. The molecule has 0 atom stereocenters. The highest BCUT2D eigenvalue weighted by atomic mass is 32.2. The van der Waals surface area contributed by atoms with Crippen LogP contribution in [0.1, 0.15) is 11.1 Å². The number of hydrogen-bond donors (Lipinski definition) is 2. The van der Waals surface area contributed by atoms with Gasteiger partial charge in [0.15, 0.2) is 0 Å². The van der Waals surface area contributed by atoms with Gasteiger partial charge in [-0.1, -0.05) is 36.5 Å². The molecule has 0 aromatic heterocycles. The summed E-state index contributed by atoms with van der Waals surface area (Å²) in [7, 11) is -3.65. The first-order valence-corrected chi connectivity index (χ1v) is 8.06. The molecule has 0 saturated carbocycles. The monoisotopic (exact) mass is 324 g/mol. The molecule has 0 bridgehead atoms. The maximum absolute atomic E-state index is 13.0. The van der Waals surface area contributed by atoms with E-state index in [1.807, 2.05) is 0 Å². The number of rotatable bonds is 5. The average Bonchev–Trinajstić information content (AvgIpc) is 2.37. The van der Waals surface area contributed by atoms with E-state index in [2.05, 4.69) is 4.72 Å². The summed E-state index contributed by atoms with van der Waals surface area (Å²) in [6, 6.07) is 11.9. The Hall–Kier alpha value is -1.99. The van der Waals surface area contributed by atoms with Crippen molar-refractivity contribution in [2.45, 2.75) is 5.75 Å². The second-order valence-electron chi connectivity index (χ2n) is 4.44. The van der Waals surface area contributed by atoms with Crippen LogP contribution in [-0.4, -0.2) is 13.4 Å². The van der Waals surface area contributed by atoms with E-state index < -0.39 is 15.8 Å². The molecule has 0 radical (unpaired) electrons. The van der Waals surface area contributed by atoms with Crippen LogP contribution in [0, 0.1) is 5.82 Å². The minimum atomic E-state index is -3.65. The summed E-state index contributed by atoms with van der Waals surface area (Å²) in [5.41, 5.74) is 6.84. The van der Waals surface area contributed by atoms with Crippen LogP contribution in [0.4, 0.5) is 10.1 Å². The van der Waals surface area contributed by atoms with Gasteiger partial charge in [0.2, 0.25) is 10.0 Å². The minimum absolute atomic E-state index is 0.181. The first-order valence-electron chi connectivity index (χ1n) is 6.00. The lowest BCUT2D eigenvalue weighted by Gasteiger charge is -2.09. The van der Waals surface area contributed by atoms with Gasteiger partial charge in [0, 0.05) is 5.56 Å². The zero-order valence-corrected chi connectivity index (χ0v) is 12.5. The van der Waals surface area contributed by atoms with E-state index in [4.69, 9.17) is 18.0 Å². The highest BCUT2D eigenvalue weighted by molar-refractivity contribution is 7.91. The molecule has 2 aromatic rings. The lowest BCUT2D eigenvalue weighted by Crippen LogP contribution is -2.16.